The minimum absolute atomic E-state index is 0.0519. The van der Waals surface area contributed by atoms with Crippen LogP contribution in [0.3, 0.4) is 0 Å². The van der Waals surface area contributed by atoms with Crippen LogP contribution in [0.2, 0.25) is 0 Å². The summed E-state index contributed by atoms with van der Waals surface area (Å²) in [5.41, 5.74) is 2.40. The van der Waals surface area contributed by atoms with Crippen molar-refractivity contribution in [2.75, 3.05) is 13.7 Å². The number of methoxy groups -OCH3 is 1. The molecule has 7 heteroatoms. The first-order chi connectivity index (χ1) is 13.8. The minimum atomic E-state index is -0.491. The molecule has 0 amide bonds. The Morgan fingerprint density at radius 3 is 2.55 bits per heavy atom. The summed E-state index contributed by atoms with van der Waals surface area (Å²) < 4.78 is 12.8. The lowest BCUT2D eigenvalue weighted by Gasteiger charge is -2.20. The molecule has 0 atom stereocenters. The number of pyridine rings is 1. The zero-order valence-corrected chi connectivity index (χ0v) is 17.0. The molecule has 0 spiro atoms. The maximum Gasteiger partial charge on any atom is 0.314 e. The minimum Gasteiger partial charge on any atom is -0.496 e. The van der Waals surface area contributed by atoms with E-state index in [1.165, 1.54) is 19.2 Å². The number of fused-ring (bicyclic) bond motifs is 1. The topological polar surface area (TPSA) is 83.6 Å². The summed E-state index contributed by atoms with van der Waals surface area (Å²) in [6.07, 6.45) is 0. The molecule has 3 aromatic rings. The van der Waals surface area contributed by atoms with Crippen LogP contribution in [0.1, 0.15) is 31.0 Å². The van der Waals surface area contributed by atoms with Crippen LogP contribution in [0.15, 0.2) is 47.3 Å². The molecule has 0 aliphatic heterocycles. The van der Waals surface area contributed by atoms with Crippen molar-refractivity contribution in [3.8, 4) is 11.5 Å². The fraction of sp³-hybridized carbons (Fsp3) is 0.318. The van der Waals surface area contributed by atoms with Gasteiger partial charge in [0, 0.05) is 16.6 Å². The van der Waals surface area contributed by atoms with Crippen molar-refractivity contribution < 1.29 is 14.4 Å². The molecule has 0 aliphatic rings. The van der Waals surface area contributed by atoms with Crippen LogP contribution >= 0.6 is 0 Å². The molecule has 0 saturated carbocycles. The van der Waals surface area contributed by atoms with E-state index in [1.807, 2.05) is 49.6 Å². The normalized spacial score (nSPS) is 11.1. The standard InChI is InChI=1S/C22H24N2O5/c1-14(2)21-15(3)23(18-8-6-5-7-17(18)22(21)25)11-12-29-20-10-9-16(28-4)13-19(20)24(26)27/h5-10,13-14H,11-12H2,1-4H3. The largest absolute Gasteiger partial charge is 0.496 e. The van der Waals surface area contributed by atoms with Crippen molar-refractivity contribution in [1.29, 1.82) is 0 Å². The summed E-state index contributed by atoms with van der Waals surface area (Å²) in [7, 11) is 1.45. The lowest BCUT2D eigenvalue weighted by molar-refractivity contribution is -0.385. The van der Waals surface area contributed by atoms with E-state index in [0.717, 1.165) is 16.8 Å². The molecular weight excluding hydrogens is 372 g/mol. The Morgan fingerprint density at radius 2 is 1.90 bits per heavy atom. The van der Waals surface area contributed by atoms with E-state index < -0.39 is 4.92 Å². The summed E-state index contributed by atoms with van der Waals surface area (Å²) >= 11 is 0. The van der Waals surface area contributed by atoms with Gasteiger partial charge in [-0.05, 0) is 37.1 Å². The molecule has 0 N–H and O–H groups in total. The number of nitro benzene ring substituents is 1. The molecule has 29 heavy (non-hydrogen) atoms. The summed E-state index contributed by atoms with van der Waals surface area (Å²) in [6, 6.07) is 12.0. The molecule has 0 radical (unpaired) electrons. The maximum atomic E-state index is 12.9. The van der Waals surface area contributed by atoms with Gasteiger partial charge in [-0.15, -0.1) is 0 Å². The van der Waals surface area contributed by atoms with Crippen LogP contribution in [-0.2, 0) is 6.54 Å². The van der Waals surface area contributed by atoms with E-state index in [9.17, 15) is 14.9 Å². The molecule has 7 nitrogen and oxygen atoms in total. The first-order valence-electron chi connectivity index (χ1n) is 9.42. The van der Waals surface area contributed by atoms with E-state index in [0.29, 0.717) is 17.7 Å². The van der Waals surface area contributed by atoms with E-state index in [1.54, 1.807) is 6.07 Å². The number of rotatable bonds is 7. The molecular formula is C22H24N2O5. The quantitative estimate of drug-likeness (QED) is 0.436. The van der Waals surface area contributed by atoms with Crippen molar-refractivity contribution >= 4 is 16.6 Å². The SMILES string of the molecule is COc1ccc(OCCn2c(C)c(C(C)C)c(=O)c3ccccc32)c([N+](=O)[O-])c1. The number of hydrogen-bond acceptors (Lipinski definition) is 5. The fourth-order valence-electron chi connectivity index (χ4n) is 3.64. The van der Waals surface area contributed by atoms with Crippen LogP contribution in [0.5, 0.6) is 11.5 Å². The number of nitrogens with zero attached hydrogens (tertiary/aromatic N) is 2. The summed E-state index contributed by atoms with van der Waals surface area (Å²) in [4.78, 5) is 23.7. The highest BCUT2D eigenvalue weighted by Gasteiger charge is 2.18. The van der Waals surface area contributed by atoms with E-state index in [2.05, 4.69) is 0 Å². The number of nitro groups is 1. The lowest BCUT2D eigenvalue weighted by Crippen LogP contribution is -2.22. The van der Waals surface area contributed by atoms with Gasteiger partial charge in [0.05, 0.1) is 30.2 Å². The van der Waals surface area contributed by atoms with Crippen molar-refractivity contribution in [3.05, 3.63) is 74.1 Å². The van der Waals surface area contributed by atoms with E-state index in [4.69, 9.17) is 9.47 Å². The Balaban J connectivity index is 1.94. The zero-order chi connectivity index (χ0) is 21.1. The van der Waals surface area contributed by atoms with Gasteiger partial charge in [-0.3, -0.25) is 14.9 Å². The number of para-hydroxylation sites is 1. The van der Waals surface area contributed by atoms with Gasteiger partial charge in [-0.2, -0.15) is 0 Å². The number of aromatic nitrogens is 1. The second kappa shape index (κ2) is 8.34. The van der Waals surface area contributed by atoms with Crippen molar-refractivity contribution in [1.82, 2.24) is 4.57 Å². The third kappa shape index (κ3) is 3.94. The van der Waals surface area contributed by atoms with Crippen LogP contribution in [0, 0.1) is 17.0 Å². The van der Waals surface area contributed by atoms with Gasteiger partial charge in [0.1, 0.15) is 12.4 Å². The average molecular weight is 396 g/mol. The Labute approximate surface area is 168 Å². The maximum absolute atomic E-state index is 12.9. The number of hydrogen-bond donors (Lipinski definition) is 0. The second-order valence-electron chi connectivity index (χ2n) is 7.09. The first kappa shape index (κ1) is 20.4. The number of benzene rings is 2. The molecule has 0 bridgehead atoms. The van der Waals surface area contributed by atoms with E-state index >= 15 is 0 Å². The van der Waals surface area contributed by atoms with Gasteiger partial charge in [0.25, 0.3) is 0 Å². The van der Waals surface area contributed by atoms with Gasteiger partial charge in [-0.1, -0.05) is 26.0 Å². The molecule has 1 heterocycles. The van der Waals surface area contributed by atoms with Crippen molar-refractivity contribution in [3.63, 3.8) is 0 Å². The van der Waals surface area contributed by atoms with Gasteiger partial charge in [-0.25, -0.2) is 0 Å². The Kier molecular flexibility index (Phi) is 5.87. The Bertz CT molecular complexity index is 1120. The molecule has 0 unspecified atom stereocenters. The third-order valence-corrected chi connectivity index (χ3v) is 4.99. The van der Waals surface area contributed by atoms with Gasteiger partial charge >= 0.3 is 5.69 Å². The lowest BCUT2D eigenvalue weighted by atomic mass is 9.98. The highest BCUT2D eigenvalue weighted by atomic mass is 16.6. The summed E-state index contributed by atoms with van der Waals surface area (Å²) in [5, 5.41) is 12.0. The predicted molar refractivity (Wildman–Crippen MR) is 112 cm³/mol. The van der Waals surface area contributed by atoms with Crippen LogP contribution in [0.4, 0.5) is 5.69 Å². The molecule has 0 aliphatic carbocycles. The second-order valence-corrected chi connectivity index (χ2v) is 7.09. The number of ether oxygens (including phenoxy) is 2. The molecule has 2 aromatic carbocycles. The Morgan fingerprint density at radius 1 is 1.17 bits per heavy atom. The van der Waals surface area contributed by atoms with Gasteiger partial charge in [0.2, 0.25) is 0 Å². The smallest absolute Gasteiger partial charge is 0.314 e. The summed E-state index contributed by atoms with van der Waals surface area (Å²) in [5.74, 6) is 0.665. The Hall–Kier alpha value is -3.35. The highest BCUT2D eigenvalue weighted by Crippen LogP contribution is 2.31. The van der Waals surface area contributed by atoms with Crippen LogP contribution in [-0.4, -0.2) is 23.2 Å². The monoisotopic (exact) mass is 396 g/mol. The zero-order valence-electron chi connectivity index (χ0n) is 17.0. The molecule has 0 fully saturated rings. The van der Waals surface area contributed by atoms with Gasteiger partial charge in [0.15, 0.2) is 11.2 Å². The predicted octanol–water partition coefficient (Wildman–Crippen LogP) is 4.43. The molecule has 0 saturated heterocycles. The first-order valence-corrected chi connectivity index (χ1v) is 9.42. The molecule has 3 rings (SSSR count). The van der Waals surface area contributed by atoms with Crippen LogP contribution in [0.25, 0.3) is 10.9 Å². The highest BCUT2D eigenvalue weighted by molar-refractivity contribution is 5.80. The fourth-order valence-corrected chi connectivity index (χ4v) is 3.64. The average Bonchev–Trinajstić information content (AvgIpc) is 2.70. The van der Waals surface area contributed by atoms with E-state index in [-0.39, 0.29) is 29.4 Å². The third-order valence-electron chi connectivity index (χ3n) is 4.99. The molecule has 1 aromatic heterocycles. The van der Waals surface area contributed by atoms with Gasteiger partial charge < -0.3 is 14.0 Å². The van der Waals surface area contributed by atoms with Crippen LogP contribution < -0.4 is 14.9 Å². The summed E-state index contributed by atoms with van der Waals surface area (Å²) in [6.45, 7) is 6.60. The van der Waals surface area contributed by atoms with Crippen molar-refractivity contribution in [2.24, 2.45) is 0 Å². The van der Waals surface area contributed by atoms with Crippen molar-refractivity contribution in [2.45, 2.75) is 33.2 Å². The molecule has 152 valence electrons.